The maximum absolute atomic E-state index is 10.3. The molecule has 0 saturated heterocycles. The van der Waals surface area contributed by atoms with E-state index in [1.807, 2.05) is 0 Å². The Balaban J connectivity index is 2.23. The van der Waals surface area contributed by atoms with Crippen LogP contribution in [0.1, 0.15) is 31.2 Å². The van der Waals surface area contributed by atoms with E-state index in [1.165, 1.54) is 0 Å². The predicted molar refractivity (Wildman–Crippen MR) is 78.1 cm³/mol. The fourth-order valence-corrected chi connectivity index (χ4v) is 1.62. The second-order valence-electron chi connectivity index (χ2n) is 4.49. The zero-order chi connectivity index (χ0) is 15.5. The molecule has 0 aliphatic carbocycles. The lowest BCUT2D eigenvalue weighted by atomic mass is 10.2. The standard InChI is InChI=1S/C15H19NO5/c17-14(18)4-2-1-3-9-16-10-12-5-7-13(8-6-12)21-11-15(19)20/h5-8,10H,1-4,9,11H2,(H,17,18)(H,19,20)/b16-10+. The minimum atomic E-state index is -1.01. The Hall–Kier alpha value is -2.37. The maximum Gasteiger partial charge on any atom is 0.341 e. The molecule has 0 fully saturated rings. The first-order chi connectivity index (χ1) is 10.1. The number of aliphatic imine (C=N–C) groups is 1. The molecule has 2 N–H and O–H groups in total. The van der Waals surface area contributed by atoms with Gasteiger partial charge in [0.1, 0.15) is 5.75 Å². The molecule has 0 bridgehead atoms. The van der Waals surface area contributed by atoms with Crippen molar-refractivity contribution in [3.63, 3.8) is 0 Å². The van der Waals surface area contributed by atoms with E-state index in [4.69, 9.17) is 14.9 Å². The van der Waals surface area contributed by atoms with Crippen molar-refractivity contribution in [1.29, 1.82) is 0 Å². The largest absolute Gasteiger partial charge is 0.482 e. The molecule has 0 heterocycles. The van der Waals surface area contributed by atoms with Crippen LogP contribution in [0.2, 0.25) is 0 Å². The van der Waals surface area contributed by atoms with Crippen LogP contribution in [0.4, 0.5) is 0 Å². The van der Waals surface area contributed by atoms with E-state index in [-0.39, 0.29) is 13.0 Å². The normalized spacial score (nSPS) is 10.7. The van der Waals surface area contributed by atoms with Gasteiger partial charge in [0.05, 0.1) is 0 Å². The van der Waals surface area contributed by atoms with Crippen LogP contribution in [-0.2, 0) is 9.59 Å². The van der Waals surface area contributed by atoms with E-state index >= 15 is 0 Å². The predicted octanol–water partition coefficient (Wildman–Crippen LogP) is 2.21. The molecule has 0 unspecified atom stereocenters. The topological polar surface area (TPSA) is 96.2 Å². The molecule has 0 saturated carbocycles. The number of carboxylic acid groups (broad SMARTS) is 2. The van der Waals surface area contributed by atoms with Gasteiger partial charge >= 0.3 is 11.9 Å². The Morgan fingerprint density at radius 1 is 1.05 bits per heavy atom. The van der Waals surface area contributed by atoms with Gasteiger partial charge in [0.15, 0.2) is 6.61 Å². The summed E-state index contributed by atoms with van der Waals surface area (Å²) in [6.45, 7) is 0.306. The van der Waals surface area contributed by atoms with Gasteiger partial charge in [-0.3, -0.25) is 9.79 Å². The lowest BCUT2D eigenvalue weighted by molar-refractivity contribution is -0.139. The molecule has 1 aromatic rings. The molecule has 0 aromatic heterocycles. The van der Waals surface area contributed by atoms with Crippen LogP contribution in [0.5, 0.6) is 5.75 Å². The fraction of sp³-hybridized carbons (Fsp3) is 0.400. The Morgan fingerprint density at radius 2 is 1.76 bits per heavy atom. The van der Waals surface area contributed by atoms with Crippen LogP contribution in [0, 0.1) is 0 Å². The van der Waals surface area contributed by atoms with Crippen molar-refractivity contribution in [2.24, 2.45) is 4.99 Å². The molecule has 0 radical (unpaired) electrons. The number of rotatable bonds is 10. The van der Waals surface area contributed by atoms with E-state index < -0.39 is 11.9 Å². The van der Waals surface area contributed by atoms with Crippen molar-refractivity contribution < 1.29 is 24.5 Å². The summed E-state index contributed by atoms with van der Waals surface area (Å²) in [4.78, 5) is 24.9. The highest BCUT2D eigenvalue weighted by molar-refractivity contribution is 5.79. The summed E-state index contributed by atoms with van der Waals surface area (Å²) < 4.78 is 5.02. The number of carbonyl (C=O) groups is 2. The molecule has 0 spiro atoms. The monoisotopic (exact) mass is 293 g/mol. The lowest BCUT2D eigenvalue weighted by Crippen LogP contribution is -2.09. The lowest BCUT2D eigenvalue weighted by Gasteiger charge is -2.02. The number of hydrogen-bond donors (Lipinski definition) is 2. The van der Waals surface area contributed by atoms with E-state index in [2.05, 4.69) is 4.99 Å². The highest BCUT2D eigenvalue weighted by Crippen LogP contribution is 2.11. The van der Waals surface area contributed by atoms with Crippen molar-refractivity contribution in [2.45, 2.75) is 25.7 Å². The Labute approximate surface area is 123 Å². The molecule has 1 aromatic carbocycles. The third-order valence-corrected chi connectivity index (χ3v) is 2.66. The molecule has 0 aliphatic heterocycles. The SMILES string of the molecule is O=C(O)CCCCC/N=C/c1ccc(OCC(=O)O)cc1. The van der Waals surface area contributed by atoms with E-state index in [0.717, 1.165) is 18.4 Å². The maximum atomic E-state index is 10.3. The highest BCUT2D eigenvalue weighted by Gasteiger charge is 1.98. The summed E-state index contributed by atoms with van der Waals surface area (Å²) in [6.07, 6.45) is 4.34. The zero-order valence-corrected chi connectivity index (χ0v) is 11.7. The first-order valence-corrected chi connectivity index (χ1v) is 6.74. The first-order valence-electron chi connectivity index (χ1n) is 6.74. The quantitative estimate of drug-likeness (QED) is 0.509. The second kappa shape index (κ2) is 9.52. The average molecular weight is 293 g/mol. The van der Waals surface area contributed by atoms with Gasteiger partial charge in [0.2, 0.25) is 0 Å². The zero-order valence-electron chi connectivity index (χ0n) is 11.7. The summed E-state index contributed by atoms with van der Waals surface area (Å²) in [5.74, 6) is -1.27. The van der Waals surface area contributed by atoms with Gasteiger partial charge in [-0.25, -0.2) is 4.79 Å². The number of aliphatic carboxylic acids is 2. The number of unbranched alkanes of at least 4 members (excludes halogenated alkanes) is 2. The van der Waals surface area contributed by atoms with Crippen LogP contribution in [0.15, 0.2) is 29.3 Å². The number of ether oxygens (including phenoxy) is 1. The number of hydrogen-bond acceptors (Lipinski definition) is 4. The third kappa shape index (κ3) is 8.41. The summed E-state index contributed by atoms with van der Waals surface area (Å²) in [5, 5.41) is 17.0. The second-order valence-corrected chi connectivity index (χ2v) is 4.49. The average Bonchev–Trinajstić information content (AvgIpc) is 2.45. The van der Waals surface area contributed by atoms with Crippen molar-refractivity contribution >= 4 is 18.2 Å². The van der Waals surface area contributed by atoms with Gasteiger partial charge in [-0.05, 0) is 42.7 Å². The van der Waals surface area contributed by atoms with Crippen LogP contribution in [-0.4, -0.2) is 41.5 Å². The van der Waals surface area contributed by atoms with Gasteiger partial charge in [-0.15, -0.1) is 0 Å². The smallest absolute Gasteiger partial charge is 0.341 e. The van der Waals surface area contributed by atoms with Crippen LogP contribution in [0.25, 0.3) is 0 Å². The summed E-state index contributed by atoms with van der Waals surface area (Å²) in [7, 11) is 0. The van der Waals surface area contributed by atoms with Gasteiger partial charge in [-0.2, -0.15) is 0 Å². The molecule has 114 valence electrons. The minimum Gasteiger partial charge on any atom is -0.482 e. The van der Waals surface area contributed by atoms with Crippen molar-refractivity contribution in [1.82, 2.24) is 0 Å². The number of benzene rings is 1. The Kier molecular flexibility index (Phi) is 7.56. The molecule has 0 amide bonds. The molecule has 0 aliphatic rings. The number of nitrogens with zero attached hydrogens (tertiary/aromatic N) is 1. The van der Waals surface area contributed by atoms with Gasteiger partial charge < -0.3 is 14.9 Å². The van der Waals surface area contributed by atoms with Crippen LogP contribution >= 0.6 is 0 Å². The van der Waals surface area contributed by atoms with Gasteiger partial charge in [0.25, 0.3) is 0 Å². The Bertz CT molecular complexity index is 481. The summed E-state index contributed by atoms with van der Waals surface area (Å²) in [5.41, 5.74) is 0.906. The third-order valence-electron chi connectivity index (χ3n) is 2.66. The van der Waals surface area contributed by atoms with Crippen LogP contribution in [0.3, 0.4) is 0 Å². The van der Waals surface area contributed by atoms with E-state index in [1.54, 1.807) is 30.5 Å². The fourth-order valence-electron chi connectivity index (χ4n) is 1.62. The van der Waals surface area contributed by atoms with Gasteiger partial charge in [0, 0.05) is 19.2 Å². The molecular formula is C15H19NO5. The summed E-state index contributed by atoms with van der Waals surface area (Å²) in [6, 6.07) is 6.98. The first kappa shape index (κ1) is 16.7. The van der Waals surface area contributed by atoms with Crippen LogP contribution < -0.4 is 4.74 Å². The van der Waals surface area contributed by atoms with Crippen molar-refractivity contribution in [3.05, 3.63) is 29.8 Å². The van der Waals surface area contributed by atoms with Gasteiger partial charge in [-0.1, -0.05) is 6.42 Å². The molecule has 1 rings (SSSR count). The van der Waals surface area contributed by atoms with Crippen molar-refractivity contribution in [2.75, 3.05) is 13.2 Å². The summed E-state index contributed by atoms with van der Waals surface area (Å²) >= 11 is 0. The minimum absolute atomic E-state index is 0.210. The molecule has 21 heavy (non-hydrogen) atoms. The molecular weight excluding hydrogens is 274 g/mol. The van der Waals surface area contributed by atoms with Crippen molar-refractivity contribution in [3.8, 4) is 5.75 Å². The molecule has 0 atom stereocenters. The molecule has 6 nitrogen and oxygen atoms in total. The molecule has 6 heteroatoms. The van der Waals surface area contributed by atoms with E-state index in [9.17, 15) is 9.59 Å². The Morgan fingerprint density at radius 3 is 2.38 bits per heavy atom. The van der Waals surface area contributed by atoms with E-state index in [0.29, 0.717) is 18.7 Å². The number of carboxylic acids is 2. The highest BCUT2D eigenvalue weighted by atomic mass is 16.5.